The molecule has 11 heteroatoms. The number of aromatic nitrogens is 2. The average Bonchev–Trinajstić information content (AvgIpc) is 3.63. The van der Waals surface area contributed by atoms with Crippen molar-refractivity contribution in [3.05, 3.63) is 106 Å². The number of carbonyl (C=O) groups excluding carboxylic acids is 2. The van der Waals surface area contributed by atoms with Crippen molar-refractivity contribution in [2.75, 3.05) is 11.5 Å². The Balaban J connectivity index is 1.58. The molecule has 3 aromatic carbocycles. The largest absolute Gasteiger partial charge is 0.465 e. The molecule has 0 radical (unpaired) electrons. The molecular formula is C32H25ClF3N3O4. The van der Waals surface area contributed by atoms with Gasteiger partial charge in [0.25, 0.3) is 5.91 Å². The Morgan fingerprint density at radius 2 is 1.74 bits per heavy atom. The SMILES string of the molecule is CCOC(=O)[C@@]1(C(F)(F)F)c2c(C3CC3)nn(-c3ccccc3)c2O[C@@]12C(=O)N(Cc1ccccc1)c1ccc(Cl)cc12. The lowest BCUT2D eigenvalue weighted by molar-refractivity contribution is -0.237. The van der Waals surface area contributed by atoms with Gasteiger partial charge in [0.2, 0.25) is 16.9 Å². The summed E-state index contributed by atoms with van der Waals surface area (Å²) in [4.78, 5) is 30.2. The van der Waals surface area contributed by atoms with Crippen LogP contribution in [0.3, 0.4) is 0 Å². The summed E-state index contributed by atoms with van der Waals surface area (Å²) in [7, 11) is 0. The van der Waals surface area contributed by atoms with Crippen LogP contribution in [0.25, 0.3) is 5.69 Å². The lowest BCUT2D eigenvalue weighted by Crippen LogP contribution is -2.66. The number of carbonyl (C=O) groups is 2. The Bertz CT molecular complexity index is 1760. The molecule has 0 saturated heterocycles. The monoisotopic (exact) mass is 607 g/mol. The number of anilines is 1. The van der Waals surface area contributed by atoms with E-state index in [1.807, 2.05) is 0 Å². The number of nitrogens with zero attached hydrogens (tertiary/aromatic N) is 3. The Morgan fingerprint density at radius 1 is 1.07 bits per heavy atom. The highest BCUT2D eigenvalue weighted by Crippen LogP contribution is 2.68. The van der Waals surface area contributed by atoms with Crippen molar-refractivity contribution in [1.29, 1.82) is 0 Å². The van der Waals surface area contributed by atoms with Crippen LogP contribution in [0.1, 0.15) is 48.1 Å². The molecule has 1 fully saturated rings. The molecule has 0 N–H and O–H groups in total. The van der Waals surface area contributed by atoms with Crippen LogP contribution in [0, 0.1) is 0 Å². The van der Waals surface area contributed by atoms with Gasteiger partial charge in [0.15, 0.2) is 0 Å². The lowest BCUT2D eigenvalue weighted by Gasteiger charge is -2.40. The molecule has 7 nitrogen and oxygen atoms in total. The van der Waals surface area contributed by atoms with Gasteiger partial charge in [0.05, 0.1) is 35.8 Å². The summed E-state index contributed by atoms with van der Waals surface area (Å²) in [6.07, 6.45) is -4.19. The zero-order chi connectivity index (χ0) is 30.1. The maximum absolute atomic E-state index is 16.1. The van der Waals surface area contributed by atoms with Gasteiger partial charge in [-0.25, -0.2) is 4.68 Å². The van der Waals surface area contributed by atoms with E-state index < -0.39 is 34.6 Å². The van der Waals surface area contributed by atoms with Crippen molar-refractivity contribution >= 4 is 29.2 Å². The summed E-state index contributed by atoms with van der Waals surface area (Å²) in [5.41, 5.74) is -5.80. The van der Waals surface area contributed by atoms with Crippen LogP contribution >= 0.6 is 11.6 Å². The van der Waals surface area contributed by atoms with Gasteiger partial charge in [-0.15, -0.1) is 0 Å². The van der Waals surface area contributed by atoms with Crippen molar-refractivity contribution in [2.45, 2.75) is 49.4 Å². The number of hydrogen-bond donors (Lipinski definition) is 0. The molecule has 1 aliphatic carbocycles. The van der Waals surface area contributed by atoms with Crippen molar-refractivity contribution in [3.8, 4) is 11.6 Å². The second-order valence-corrected chi connectivity index (χ2v) is 11.3. The molecule has 2 aliphatic heterocycles. The molecule has 3 heterocycles. The van der Waals surface area contributed by atoms with E-state index in [9.17, 15) is 9.59 Å². The number of rotatable bonds is 6. The first-order chi connectivity index (χ1) is 20.6. The van der Waals surface area contributed by atoms with Crippen LogP contribution in [0.5, 0.6) is 5.88 Å². The molecule has 1 aromatic heterocycles. The van der Waals surface area contributed by atoms with Crippen LogP contribution in [-0.2, 0) is 31.9 Å². The van der Waals surface area contributed by atoms with Crippen LogP contribution in [0.2, 0.25) is 5.02 Å². The first kappa shape index (κ1) is 27.5. The summed E-state index contributed by atoms with van der Waals surface area (Å²) < 4.78 is 61.3. The fraction of sp³-hybridized carbons (Fsp3) is 0.281. The first-order valence-electron chi connectivity index (χ1n) is 13.9. The predicted octanol–water partition coefficient (Wildman–Crippen LogP) is 6.60. The number of alkyl halides is 3. The third kappa shape index (κ3) is 3.71. The van der Waals surface area contributed by atoms with Crippen molar-refractivity contribution in [1.82, 2.24) is 9.78 Å². The van der Waals surface area contributed by atoms with Crippen LogP contribution in [0.15, 0.2) is 78.9 Å². The molecule has 43 heavy (non-hydrogen) atoms. The number of hydrogen-bond acceptors (Lipinski definition) is 5. The molecule has 220 valence electrons. The van der Waals surface area contributed by atoms with Gasteiger partial charge in [-0.3, -0.25) is 9.59 Å². The number of amides is 1. The Kier molecular flexibility index (Phi) is 6.15. The fourth-order valence-electron chi connectivity index (χ4n) is 6.42. The van der Waals surface area contributed by atoms with Gasteiger partial charge in [0.1, 0.15) is 0 Å². The summed E-state index contributed by atoms with van der Waals surface area (Å²) >= 11 is 6.39. The van der Waals surface area contributed by atoms with Crippen molar-refractivity contribution in [3.63, 3.8) is 0 Å². The summed E-state index contributed by atoms with van der Waals surface area (Å²) in [5.74, 6) is -3.34. The number of para-hydroxylation sites is 1. The van der Waals surface area contributed by atoms with E-state index in [0.717, 1.165) is 0 Å². The molecule has 7 rings (SSSR count). The number of benzene rings is 3. The van der Waals surface area contributed by atoms with Gasteiger partial charge in [-0.2, -0.15) is 18.3 Å². The fourth-order valence-corrected chi connectivity index (χ4v) is 6.59. The lowest BCUT2D eigenvalue weighted by atomic mass is 9.64. The van der Waals surface area contributed by atoms with Gasteiger partial charge in [-0.05, 0) is 55.7 Å². The number of ether oxygens (including phenoxy) is 2. The molecule has 0 bridgehead atoms. The predicted molar refractivity (Wildman–Crippen MR) is 151 cm³/mol. The standard InChI is InChI=1S/C32H25ClF3N3O4/c1-2-42-29(41)30(32(34,35)36)25-26(20-13-14-20)37-39(22-11-7-4-8-12-22)27(25)43-31(30)23-17-21(33)15-16-24(23)38(28(31)40)18-19-9-5-3-6-10-19/h3-12,15-17,20H,2,13-14,18H2,1H3/t30-,31-/m0/s1. The zero-order valence-electron chi connectivity index (χ0n) is 22.9. The average molecular weight is 608 g/mol. The number of fused-ring (bicyclic) bond motifs is 3. The highest BCUT2D eigenvalue weighted by atomic mass is 35.5. The molecule has 2 atom stereocenters. The molecule has 1 spiro atoms. The highest BCUT2D eigenvalue weighted by Gasteiger charge is 2.86. The Hall–Kier alpha value is -4.31. The van der Waals surface area contributed by atoms with Crippen molar-refractivity contribution in [2.24, 2.45) is 0 Å². The molecule has 4 aromatic rings. The third-order valence-electron chi connectivity index (χ3n) is 8.35. The van der Waals surface area contributed by atoms with E-state index in [-0.39, 0.29) is 46.9 Å². The van der Waals surface area contributed by atoms with Gasteiger partial charge in [-0.1, -0.05) is 60.1 Å². The molecular weight excluding hydrogens is 583 g/mol. The maximum atomic E-state index is 16.1. The van der Waals surface area contributed by atoms with Gasteiger partial charge >= 0.3 is 12.1 Å². The highest BCUT2D eigenvalue weighted by molar-refractivity contribution is 6.31. The minimum Gasteiger partial charge on any atom is -0.465 e. The third-order valence-corrected chi connectivity index (χ3v) is 8.59. The molecule has 3 aliphatic rings. The molecule has 1 saturated carbocycles. The van der Waals surface area contributed by atoms with E-state index >= 15 is 13.2 Å². The van der Waals surface area contributed by atoms with E-state index in [1.165, 1.54) is 34.7 Å². The smallest absolute Gasteiger partial charge is 0.414 e. The normalized spacial score (nSPS) is 22.4. The van der Waals surface area contributed by atoms with Crippen LogP contribution < -0.4 is 9.64 Å². The second kappa shape index (κ2) is 9.60. The maximum Gasteiger partial charge on any atom is 0.414 e. The minimum absolute atomic E-state index is 0.0627. The number of halogens is 4. The number of esters is 1. The first-order valence-corrected chi connectivity index (χ1v) is 14.3. The summed E-state index contributed by atoms with van der Waals surface area (Å²) in [6.45, 7) is 1.01. The molecule has 0 unspecified atom stereocenters. The van der Waals surface area contributed by atoms with Gasteiger partial charge < -0.3 is 14.4 Å². The second-order valence-electron chi connectivity index (χ2n) is 10.9. The van der Waals surface area contributed by atoms with E-state index in [1.54, 1.807) is 60.7 Å². The van der Waals surface area contributed by atoms with Gasteiger partial charge in [0, 0.05) is 16.5 Å². The molecule has 1 amide bonds. The Morgan fingerprint density at radius 3 is 2.37 bits per heavy atom. The van der Waals surface area contributed by atoms with Crippen LogP contribution in [-0.4, -0.2) is 34.4 Å². The quantitative estimate of drug-likeness (QED) is 0.231. The van der Waals surface area contributed by atoms with Crippen molar-refractivity contribution < 1.29 is 32.2 Å². The Labute approximate surface area is 249 Å². The summed E-state index contributed by atoms with van der Waals surface area (Å²) in [6, 6.07) is 21.6. The zero-order valence-corrected chi connectivity index (χ0v) is 23.7. The van der Waals surface area contributed by atoms with Crippen LogP contribution in [0.4, 0.5) is 18.9 Å². The van der Waals surface area contributed by atoms with E-state index in [2.05, 4.69) is 5.10 Å². The van der Waals surface area contributed by atoms with E-state index in [0.29, 0.717) is 24.1 Å². The minimum atomic E-state index is -5.35. The topological polar surface area (TPSA) is 73.7 Å². The van der Waals surface area contributed by atoms with E-state index in [4.69, 9.17) is 21.1 Å². The summed E-state index contributed by atoms with van der Waals surface area (Å²) in [5, 5.41) is 4.67.